The van der Waals surface area contributed by atoms with Gasteiger partial charge in [-0.25, -0.2) is 0 Å². The maximum atomic E-state index is 11.1. The molecular formula is C18H20BrNO4. The number of hydrogen-bond donors (Lipinski definition) is 1. The van der Waals surface area contributed by atoms with Crippen LogP contribution in [0.3, 0.4) is 0 Å². The molecule has 2 aromatic carbocycles. The van der Waals surface area contributed by atoms with E-state index in [0.29, 0.717) is 42.6 Å². The van der Waals surface area contributed by atoms with Gasteiger partial charge in [-0.2, -0.15) is 0 Å². The predicted molar refractivity (Wildman–Crippen MR) is 95.8 cm³/mol. The zero-order valence-electron chi connectivity index (χ0n) is 13.7. The van der Waals surface area contributed by atoms with Gasteiger partial charge in [0.15, 0.2) is 11.5 Å². The van der Waals surface area contributed by atoms with Crippen molar-refractivity contribution >= 4 is 21.8 Å². The zero-order chi connectivity index (χ0) is 17.5. The topological polar surface area (TPSA) is 70.8 Å². The van der Waals surface area contributed by atoms with Gasteiger partial charge < -0.3 is 19.9 Å². The second-order valence-electron chi connectivity index (χ2n) is 4.93. The first-order chi connectivity index (χ1) is 11.5. The maximum Gasteiger partial charge on any atom is 0.248 e. The Balaban J connectivity index is 2.13. The molecule has 2 aromatic rings. The number of ether oxygens (including phenoxy) is 3. The van der Waals surface area contributed by atoms with E-state index in [9.17, 15) is 4.79 Å². The molecule has 24 heavy (non-hydrogen) atoms. The molecule has 0 heterocycles. The molecule has 128 valence electrons. The summed E-state index contributed by atoms with van der Waals surface area (Å²) in [7, 11) is 0. The highest BCUT2D eigenvalue weighted by Crippen LogP contribution is 2.34. The summed E-state index contributed by atoms with van der Waals surface area (Å²) in [4.78, 5) is 11.1. The minimum Gasteiger partial charge on any atom is -0.490 e. The molecule has 1 amide bonds. The normalized spacial score (nSPS) is 10.3. The fraction of sp³-hybridized carbons (Fsp3) is 0.278. The van der Waals surface area contributed by atoms with E-state index in [0.717, 1.165) is 10.0 Å². The molecule has 0 spiro atoms. The Labute approximate surface area is 149 Å². The van der Waals surface area contributed by atoms with Crippen LogP contribution in [-0.4, -0.2) is 19.1 Å². The van der Waals surface area contributed by atoms with Gasteiger partial charge in [-0.15, -0.1) is 0 Å². The molecular weight excluding hydrogens is 374 g/mol. The first-order valence-electron chi connectivity index (χ1n) is 7.65. The molecule has 0 fully saturated rings. The van der Waals surface area contributed by atoms with Gasteiger partial charge in [0.25, 0.3) is 0 Å². The Morgan fingerprint density at radius 3 is 2.12 bits per heavy atom. The van der Waals surface area contributed by atoms with Crippen LogP contribution in [0.1, 0.15) is 29.8 Å². The Morgan fingerprint density at radius 1 is 1.00 bits per heavy atom. The summed E-state index contributed by atoms with van der Waals surface area (Å²) in [6.45, 7) is 5.32. The fourth-order valence-corrected chi connectivity index (χ4v) is 2.54. The van der Waals surface area contributed by atoms with E-state index in [1.165, 1.54) is 0 Å². The molecule has 0 atom stereocenters. The number of halogens is 1. The third-order valence-electron chi connectivity index (χ3n) is 3.25. The van der Waals surface area contributed by atoms with E-state index in [1.54, 1.807) is 24.3 Å². The molecule has 2 N–H and O–H groups in total. The maximum absolute atomic E-state index is 11.1. The monoisotopic (exact) mass is 393 g/mol. The number of carbonyl (C=O) groups excluding carboxylic acids is 1. The molecule has 2 rings (SSSR count). The first-order valence-corrected chi connectivity index (χ1v) is 8.45. The number of amides is 1. The second kappa shape index (κ2) is 8.59. The molecule has 0 aliphatic rings. The average Bonchev–Trinajstić information content (AvgIpc) is 2.57. The molecule has 6 heteroatoms. The van der Waals surface area contributed by atoms with E-state index >= 15 is 0 Å². The molecule has 5 nitrogen and oxygen atoms in total. The highest BCUT2D eigenvalue weighted by Gasteiger charge is 2.11. The average molecular weight is 394 g/mol. The molecule has 0 saturated heterocycles. The van der Waals surface area contributed by atoms with Gasteiger partial charge >= 0.3 is 0 Å². The van der Waals surface area contributed by atoms with Crippen LogP contribution in [0.25, 0.3) is 0 Å². The lowest BCUT2D eigenvalue weighted by Crippen LogP contribution is -2.10. The molecule has 0 bridgehead atoms. The molecule has 0 saturated carbocycles. The number of carbonyl (C=O) groups is 1. The van der Waals surface area contributed by atoms with Crippen LogP contribution in [0.5, 0.6) is 17.2 Å². The fourth-order valence-electron chi connectivity index (χ4n) is 2.10. The van der Waals surface area contributed by atoms with Crippen LogP contribution in [0.15, 0.2) is 40.9 Å². The zero-order valence-corrected chi connectivity index (χ0v) is 15.3. The quantitative estimate of drug-likeness (QED) is 0.737. The largest absolute Gasteiger partial charge is 0.490 e. The van der Waals surface area contributed by atoms with Gasteiger partial charge in [-0.1, -0.05) is 15.9 Å². The van der Waals surface area contributed by atoms with Crippen molar-refractivity contribution in [3.8, 4) is 17.2 Å². The van der Waals surface area contributed by atoms with Gasteiger partial charge in [0, 0.05) is 15.6 Å². The van der Waals surface area contributed by atoms with E-state index in [4.69, 9.17) is 19.9 Å². The number of hydrogen-bond acceptors (Lipinski definition) is 4. The second-order valence-corrected chi connectivity index (χ2v) is 5.79. The van der Waals surface area contributed by atoms with Crippen LogP contribution in [-0.2, 0) is 6.61 Å². The van der Waals surface area contributed by atoms with Crippen molar-refractivity contribution in [2.45, 2.75) is 20.5 Å². The van der Waals surface area contributed by atoms with Crippen LogP contribution >= 0.6 is 15.9 Å². The number of nitrogens with two attached hydrogens (primary N) is 1. The lowest BCUT2D eigenvalue weighted by molar-refractivity contribution is 0.1000. The molecule has 0 unspecified atom stereocenters. The lowest BCUT2D eigenvalue weighted by Gasteiger charge is -2.15. The van der Waals surface area contributed by atoms with Crippen LogP contribution in [0.4, 0.5) is 0 Å². The summed E-state index contributed by atoms with van der Waals surface area (Å²) < 4.78 is 17.9. The number of rotatable bonds is 8. The van der Waals surface area contributed by atoms with Crippen molar-refractivity contribution in [1.82, 2.24) is 0 Å². The molecule has 0 radical (unpaired) electrons. The van der Waals surface area contributed by atoms with Crippen molar-refractivity contribution in [3.63, 3.8) is 0 Å². The van der Waals surface area contributed by atoms with Crippen molar-refractivity contribution in [1.29, 1.82) is 0 Å². The summed E-state index contributed by atoms with van der Waals surface area (Å²) in [5.41, 5.74) is 6.60. The molecule has 0 aromatic heterocycles. The van der Waals surface area contributed by atoms with Gasteiger partial charge in [0.1, 0.15) is 12.4 Å². The Morgan fingerprint density at radius 2 is 1.58 bits per heavy atom. The third kappa shape index (κ3) is 4.64. The van der Waals surface area contributed by atoms with Crippen LogP contribution in [0, 0.1) is 0 Å². The smallest absolute Gasteiger partial charge is 0.248 e. The highest BCUT2D eigenvalue weighted by atomic mass is 79.9. The molecule has 0 aliphatic carbocycles. The van der Waals surface area contributed by atoms with Crippen LogP contribution in [0.2, 0.25) is 0 Å². The summed E-state index contributed by atoms with van der Waals surface area (Å²) in [6.07, 6.45) is 0. The summed E-state index contributed by atoms with van der Waals surface area (Å²) in [6, 6.07) is 10.5. The van der Waals surface area contributed by atoms with Crippen LogP contribution < -0.4 is 19.9 Å². The third-order valence-corrected chi connectivity index (χ3v) is 3.98. The Hall–Kier alpha value is -2.21. The Bertz CT molecular complexity index is 701. The van der Waals surface area contributed by atoms with Crippen molar-refractivity contribution in [2.75, 3.05) is 13.2 Å². The number of primary amides is 1. The molecule has 0 aliphatic heterocycles. The minimum absolute atomic E-state index is 0.350. The van der Waals surface area contributed by atoms with E-state index in [1.807, 2.05) is 26.0 Å². The summed E-state index contributed by atoms with van der Waals surface area (Å²) in [5, 5.41) is 0. The summed E-state index contributed by atoms with van der Waals surface area (Å²) >= 11 is 3.53. The van der Waals surface area contributed by atoms with Gasteiger partial charge in [0.05, 0.1) is 13.2 Å². The minimum atomic E-state index is -0.461. The van der Waals surface area contributed by atoms with Gasteiger partial charge in [0.2, 0.25) is 5.91 Å². The number of benzene rings is 2. The van der Waals surface area contributed by atoms with Crippen molar-refractivity contribution < 1.29 is 19.0 Å². The van der Waals surface area contributed by atoms with Gasteiger partial charge in [-0.05, 0) is 50.2 Å². The Kier molecular flexibility index (Phi) is 6.49. The summed E-state index contributed by atoms with van der Waals surface area (Å²) in [5.74, 6) is 1.57. The van der Waals surface area contributed by atoms with Crippen molar-refractivity contribution in [2.24, 2.45) is 5.73 Å². The van der Waals surface area contributed by atoms with E-state index in [2.05, 4.69) is 15.9 Å². The predicted octanol–water partition coefficient (Wildman–Crippen LogP) is 3.92. The standard InChI is InChI=1S/C18H20BrNO4/c1-3-22-16-9-13(15(19)10-17(16)23-4-2)11-24-14-7-5-12(6-8-14)18(20)21/h5-10H,3-4,11H2,1-2H3,(H2,20,21). The highest BCUT2D eigenvalue weighted by molar-refractivity contribution is 9.10. The SMILES string of the molecule is CCOc1cc(Br)c(COc2ccc(C(N)=O)cc2)cc1OCC. The first kappa shape index (κ1) is 18.1. The van der Waals surface area contributed by atoms with E-state index < -0.39 is 5.91 Å². The van der Waals surface area contributed by atoms with Crippen molar-refractivity contribution in [3.05, 3.63) is 52.0 Å². The van der Waals surface area contributed by atoms with Gasteiger partial charge in [-0.3, -0.25) is 4.79 Å². The van der Waals surface area contributed by atoms with E-state index in [-0.39, 0.29) is 0 Å². The lowest BCUT2D eigenvalue weighted by atomic mass is 10.2.